The molecule has 9 heteroatoms. The lowest BCUT2D eigenvalue weighted by molar-refractivity contribution is 0.301. The van der Waals surface area contributed by atoms with E-state index in [-0.39, 0.29) is 0 Å². The zero-order chi connectivity index (χ0) is 22.2. The van der Waals surface area contributed by atoms with Gasteiger partial charge in [0, 0.05) is 29.9 Å². The lowest BCUT2D eigenvalue weighted by Crippen LogP contribution is -2.26. The summed E-state index contributed by atoms with van der Waals surface area (Å²) < 4.78 is 3.96. The third-order valence-corrected chi connectivity index (χ3v) is 7.40. The molecule has 0 bridgehead atoms. The highest BCUT2D eigenvalue weighted by Gasteiger charge is 2.16. The van der Waals surface area contributed by atoms with Gasteiger partial charge in [-0.3, -0.25) is 5.10 Å². The van der Waals surface area contributed by atoms with E-state index in [9.17, 15) is 0 Å². The Morgan fingerprint density at radius 1 is 1.18 bits per heavy atom. The van der Waals surface area contributed by atoms with E-state index in [2.05, 4.69) is 73.4 Å². The molecule has 0 spiro atoms. The maximum atomic E-state index is 4.77. The zero-order valence-corrected chi connectivity index (χ0v) is 19.6. The largest absolute Gasteiger partial charge is 0.312 e. The first-order valence-corrected chi connectivity index (χ1v) is 13.0. The standard InChI is InChI=1S/C24H26N8Si/c1-33-19-7-20(21-11-26-28-22(21)8-19)23-15-32(30-29-23)14-18-13-31-12-17(5-6-24(31)27-18)10-25-9-16-3-2-4-16/h5-8,11-13,15-16,25H,2-4,9-10,14H2,1H3,(H,26,28). The molecule has 2 N–H and O–H groups in total. The Bertz CT molecular complexity index is 1410. The molecule has 0 amide bonds. The minimum Gasteiger partial charge on any atom is -0.312 e. The molecule has 1 aromatic carbocycles. The lowest BCUT2D eigenvalue weighted by atomic mass is 9.85. The molecule has 1 aliphatic rings. The normalized spacial score (nSPS) is 14.3. The molecule has 33 heavy (non-hydrogen) atoms. The molecule has 0 saturated heterocycles. The van der Waals surface area contributed by atoms with Crippen molar-refractivity contribution in [3.63, 3.8) is 0 Å². The Morgan fingerprint density at radius 2 is 2.12 bits per heavy atom. The van der Waals surface area contributed by atoms with E-state index in [1.165, 1.54) is 30.0 Å². The summed E-state index contributed by atoms with van der Waals surface area (Å²) in [5, 5.41) is 22.0. The number of aromatic amines is 1. The number of hydrogen-bond acceptors (Lipinski definition) is 5. The molecule has 166 valence electrons. The van der Waals surface area contributed by atoms with E-state index >= 15 is 0 Å². The maximum absolute atomic E-state index is 4.77. The Labute approximate surface area is 194 Å². The van der Waals surface area contributed by atoms with E-state index in [1.54, 1.807) is 0 Å². The van der Waals surface area contributed by atoms with Gasteiger partial charge in [-0.1, -0.05) is 35.5 Å². The molecular formula is C24H26N8Si. The molecule has 1 aliphatic carbocycles. The highest BCUT2D eigenvalue weighted by atomic mass is 28.2. The van der Waals surface area contributed by atoms with Crippen molar-refractivity contribution in [2.24, 2.45) is 5.92 Å². The van der Waals surface area contributed by atoms with Crippen LogP contribution in [-0.2, 0) is 13.1 Å². The summed E-state index contributed by atoms with van der Waals surface area (Å²) in [6.45, 7) is 4.77. The second kappa shape index (κ2) is 8.57. The Morgan fingerprint density at radius 3 is 2.97 bits per heavy atom. The summed E-state index contributed by atoms with van der Waals surface area (Å²) >= 11 is 0. The van der Waals surface area contributed by atoms with Crippen molar-refractivity contribution in [1.29, 1.82) is 0 Å². The third kappa shape index (κ3) is 4.09. The van der Waals surface area contributed by atoms with Crippen LogP contribution in [0.2, 0.25) is 6.55 Å². The number of pyridine rings is 1. The monoisotopic (exact) mass is 454 g/mol. The number of imidazole rings is 1. The van der Waals surface area contributed by atoms with E-state index in [0.29, 0.717) is 16.1 Å². The number of aromatic nitrogens is 7. The van der Waals surface area contributed by atoms with Crippen LogP contribution >= 0.6 is 0 Å². The zero-order valence-electron chi connectivity index (χ0n) is 18.6. The van der Waals surface area contributed by atoms with Crippen molar-refractivity contribution in [2.75, 3.05) is 6.54 Å². The second-order valence-electron chi connectivity index (χ2n) is 8.87. The molecule has 1 fully saturated rings. The van der Waals surface area contributed by atoms with Gasteiger partial charge in [-0.05, 0) is 43.0 Å². The second-order valence-corrected chi connectivity index (χ2v) is 9.95. The molecule has 1 saturated carbocycles. The average molecular weight is 455 g/mol. The molecule has 4 heterocycles. The summed E-state index contributed by atoms with van der Waals surface area (Å²) in [5.74, 6) is 0.871. The molecule has 6 rings (SSSR count). The van der Waals surface area contributed by atoms with Crippen LogP contribution in [0.15, 0.2) is 49.1 Å². The molecule has 8 nitrogen and oxygen atoms in total. The first-order valence-electron chi connectivity index (χ1n) is 11.5. The van der Waals surface area contributed by atoms with E-state index < -0.39 is 0 Å². The fraction of sp³-hybridized carbons (Fsp3) is 0.333. The summed E-state index contributed by atoms with van der Waals surface area (Å²) in [4.78, 5) is 4.77. The number of nitrogens with one attached hydrogen (secondary N) is 2. The van der Waals surface area contributed by atoms with Gasteiger partial charge in [0.1, 0.15) is 11.3 Å². The SMILES string of the molecule is C[Si]c1cc(-c2cn(Cc3cn4cc(CNCC5CCC5)ccc4n3)nn2)c2cn[nH]c2c1. The van der Waals surface area contributed by atoms with Crippen molar-refractivity contribution in [3.05, 3.63) is 60.3 Å². The number of H-pyrrole nitrogens is 1. The molecule has 0 aliphatic heterocycles. The van der Waals surface area contributed by atoms with Gasteiger partial charge < -0.3 is 9.72 Å². The van der Waals surface area contributed by atoms with Gasteiger partial charge in [-0.25, -0.2) is 9.67 Å². The van der Waals surface area contributed by atoms with Gasteiger partial charge in [0.15, 0.2) is 0 Å². The van der Waals surface area contributed by atoms with Gasteiger partial charge in [-0.2, -0.15) is 5.10 Å². The average Bonchev–Trinajstić information content (AvgIpc) is 3.53. The van der Waals surface area contributed by atoms with Crippen LogP contribution in [0.3, 0.4) is 0 Å². The van der Waals surface area contributed by atoms with Crippen molar-refractivity contribution in [1.82, 2.24) is 39.9 Å². The first kappa shape index (κ1) is 20.3. The summed E-state index contributed by atoms with van der Waals surface area (Å²) in [6.07, 6.45) is 12.2. The van der Waals surface area contributed by atoms with E-state index in [0.717, 1.165) is 52.5 Å². The Kier molecular flexibility index (Phi) is 5.27. The summed E-state index contributed by atoms with van der Waals surface area (Å²) in [6, 6.07) is 8.59. The van der Waals surface area contributed by atoms with Gasteiger partial charge >= 0.3 is 0 Å². The maximum Gasteiger partial charge on any atom is 0.137 e. The number of benzene rings is 1. The van der Waals surface area contributed by atoms with E-state index in [1.807, 2.05) is 17.1 Å². The number of nitrogens with zero attached hydrogens (tertiary/aromatic N) is 6. The minimum absolute atomic E-state index is 0.577. The van der Waals surface area contributed by atoms with Crippen molar-refractivity contribution >= 4 is 31.3 Å². The first-order chi connectivity index (χ1) is 16.2. The van der Waals surface area contributed by atoms with Gasteiger partial charge in [0.2, 0.25) is 0 Å². The molecule has 0 unspecified atom stereocenters. The van der Waals surface area contributed by atoms with Gasteiger partial charge in [0.05, 0.1) is 39.7 Å². The van der Waals surface area contributed by atoms with E-state index in [4.69, 9.17) is 4.98 Å². The van der Waals surface area contributed by atoms with Crippen LogP contribution in [0.4, 0.5) is 0 Å². The number of hydrogen-bond donors (Lipinski definition) is 2. The van der Waals surface area contributed by atoms with Crippen LogP contribution in [0, 0.1) is 5.92 Å². The number of fused-ring (bicyclic) bond motifs is 2. The predicted octanol–water partition coefficient (Wildman–Crippen LogP) is 2.78. The molecular weight excluding hydrogens is 428 g/mol. The Hall–Kier alpha value is -3.30. The molecule has 0 atom stereocenters. The summed E-state index contributed by atoms with van der Waals surface area (Å²) in [5.41, 5.74) is 6.13. The minimum atomic E-state index is 0.577. The third-order valence-electron chi connectivity index (χ3n) is 6.54. The lowest BCUT2D eigenvalue weighted by Gasteiger charge is -2.25. The molecule has 2 radical (unpaired) electrons. The summed E-state index contributed by atoms with van der Waals surface area (Å²) in [7, 11) is 0.705. The van der Waals surface area contributed by atoms with Crippen LogP contribution in [0.1, 0.15) is 30.5 Å². The van der Waals surface area contributed by atoms with Crippen LogP contribution < -0.4 is 10.5 Å². The van der Waals surface area contributed by atoms with Crippen LogP contribution in [0.5, 0.6) is 0 Å². The van der Waals surface area contributed by atoms with Gasteiger partial charge in [-0.15, -0.1) is 5.10 Å². The molecule has 4 aromatic heterocycles. The van der Waals surface area contributed by atoms with Crippen LogP contribution in [0.25, 0.3) is 27.8 Å². The Balaban J connectivity index is 1.19. The highest BCUT2D eigenvalue weighted by Crippen LogP contribution is 2.26. The van der Waals surface area contributed by atoms with Crippen molar-refractivity contribution in [3.8, 4) is 11.3 Å². The molecule has 5 aromatic rings. The van der Waals surface area contributed by atoms with Crippen molar-refractivity contribution in [2.45, 2.75) is 38.9 Å². The fourth-order valence-electron chi connectivity index (χ4n) is 4.46. The number of rotatable bonds is 8. The quantitative estimate of drug-likeness (QED) is 0.352. The van der Waals surface area contributed by atoms with Gasteiger partial charge in [0.25, 0.3) is 0 Å². The fourth-order valence-corrected chi connectivity index (χ4v) is 5.04. The predicted molar refractivity (Wildman–Crippen MR) is 130 cm³/mol. The highest BCUT2D eigenvalue weighted by molar-refractivity contribution is 6.52. The van der Waals surface area contributed by atoms with Crippen LogP contribution in [-0.4, -0.2) is 50.6 Å². The van der Waals surface area contributed by atoms with Crippen molar-refractivity contribution < 1.29 is 0 Å². The smallest absolute Gasteiger partial charge is 0.137 e. The topological polar surface area (TPSA) is 88.7 Å².